The van der Waals surface area contributed by atoms with Gasteiger partial charge in [-0.2, -0.15) is 13.2 Å². The van der Waals surface area contributed by atoms with Gasteiger partial charge in [-0.3, -0.25) is 9.78 Å². The van der Waals surface area contributed by atoms with E-state index in [9.17, 15) is 22.4 Å². The number of aromatic nitrogens is 1. The second kappa shape index (κ2) is 9.25. The van der Waals surface area contributed by atoms with E-state index in [0.29, 0.717) is 42.5 Å². The van der Waals surface area contributed by atoms with Crippen LogP contribution in [0.25, 0.3) is 0 Å². The van der Waals surface area contributed by atoms with E-state index in [2.05, 4.69) is 20.9 Å². The number of nitrogens with one attached hydrogen (secondary N) is 3. The van der Waals surface area contributed by atoms with Gasteiger partial charge in [0.15, 0.2) is 0 Å². The molecule has 2 heterocycles. The Morgan fingerprint density at radius 2 is 2.00 bits per heavy atom. The number of halogens is 4. The number of pyridine rings is 1. The Balaban J connectivity index is 1.84. The van der Waals surface area contributed by atoms with Gasteiger partial charge in [0.05, 0.1) is 5.56 Å². The number of benzene rings is 1. The van der Waals surface area contributed by atoms with Crippen molar-refractivity contribution in [3.8, 4) is 0 Å². The maximum absolute atomic E-state index is 13.7. The van der Waals surface area contributed by atoms with Crippen molar-refractivity contribution in [2.45, 2.75) is 25.4 Å². The van der Waals surface area contributed by atoms with E-state index in [1.54, 1.807) is 19.2 Å². The maximum atomic E-state index is 13.7. The average Bonchev–Trinajstić information content (AvgIpc) is 2.83. The minimum atomic E-state index is -4.62. The molecule has 3 N–H and O–H groups in total. The van der Waals surface area contributed by atoms with Crippen LogP contribution in [0, 0.1) is 5.82 Å². The summed E-state index contributed by atoms with van der Waals surface area (Å²) in [4.78, 5) is 16.5. The molecule has 1 aromatic carbocycles. The van der Waals surface area contributed by atoms with E-state index >= 15 is 0 Å². The van der Waals surface area contributed by atoms with Crippen LogP contribution in [0.3, 0.4) is 0 Å². The molecule has 0 bridgehead atoms. The number of amides is 1. The second-order valence-corrected chi connectivity index (χ2v) is 7.03. The molecule has 0 unspecified atom stereocenters. The van der Waals surface area contributed by atoms with Crippen molar-refractivity contribution in [3.63, 3.8) is 0 Å². The fourth-order valence-corrected chi connectivity index (χ4v) is 3.32. The van der Waals surface area contributed by atoms with Crippen LogP contribution >= 0.6 is 0 Å². The smallest absolute Gasteiger partial charge is 0.358 e. The lowest BCUT2D eigenvalue weighted by atomic mass is 10.0. The molecule has 0 saturated carbocycles. The number of hydrogen-bond acceptors (Lipinski definition) is 4. The molecule has 0 radical (unpaired) electrons. The largest absolute Gasteiger partial charge is 0.416 e. The summed E-state index contributed by atoms with van der Waals surface area (Å²) in [5.74, 6) is -1.08. The van der Waals surface area contributed by atoms with Crippen molar-refractivity contribution in [1.29, 1.82) is 0 Å². The van der Waals surface area contributed by atoms with Crippen molar-refractivity contribution >= 4 is 11.6 Å². The molecular weight excluding hydrogens is 400 g/mol. The number of likely N-dealkylation sites (N-methyl/N-ethyl adjacent to an activating group) is 1. The molecule has 0 aliphatic carbocycles. The lowest BCUT2D eigenvalue weighted by molar-refractivity contribution is -0.137. The Hall–Kier alpha value is -2.94. The number of rotatable bonds is 6. The molecule has 1 aliphatic heterocycles. The lowest BCUT2D eigenvalue weighted by Crippen LogP contribution is -2.29. The molecular formula is C21H22F4N4O. The van der Waals surface area contributed by atoms with E-state index in [-0.39, 0.29) is 17.9 Å². The predicted molar refractivity (Wildman–Crippen MR) is 105 cm³/mol. The number of hydrogen-bond donors (Lipinski definition) is 3. The van der Waals surface area contributed by atoms with E-state index in [0.717, 1.165) is 24.3 Å². The summed E-state index contributed by atoms with van der Waals surface area (Å²) in [6, 6.07) is 5.87. The van der Waals surface area contributed by atoms with Crippen LogP contribution in [0.1, 0.15) is 29.7 Å². The van der Waals surface area contributed by atoms with Crippen molar-refractivity contribution in [1.82, 2.24) is 15.6 Å². The van der Waals surface area contributed by atoms with Gasteiger partial charge in [-0.05, 0) is 55.8 Å². The first-order chi connectivity index (χ1) is 14.3. The molecule has 1 aliphatic rings. The summed E-state index contributed by atoms with van der Waals surface area (Å²) >= 11 is 0. The summed E-state index contributed by atoms with van der Waals surface area (Å²) < 4.78 is 52.5. The van der Waals surface area contributed by atoms with Gasteiger partial charge in [-0.15, -0.1) is 0 Å². The highest BCUT2D eigenvalue weighted by molar-refractivity contribution is 5.95. The molecule has 3 rings (SSSR count). The Bertz CT molecular complexity index is 956. The molecule has 1 aromatic heterocycles. The summed E-state index contributed by atoms with van der Waals surface area (Å²) in [5, 5.41) is 9.07. The van der Waals surface area contributed by atoms with E-state index in [4.69, 9.17) is 0 Å². The zero-order valence-electron chi connectivity index (χ0n) is 16.4. The molecule has 0 spiro atoms. The monoisotopic (exact) mass is 422 g/mol. The number of allylic oxidation sites excluding steroid dienone is 1. The Labute approximate surface area is 171 Å². The van der Waals surface area contributed by atoms with Crippen molar-refractivity contribution in [2.24, 2.45) is 0 Å². The summed E-state index contributed by atoms with van der Waals surface area (Å²) in [6.07, 6.45) is -1.60. The number of alkyl halides is 3. The van der Waals surface area contributed by atoms with Crippen LogP contribution in [-0.4, -0.2) is 31.0 Å². The highest BCUT2D eigenvalue weighted by Gasteiger charge is 2.31. The van der Waals surface area contributed by atoms with Gasteiger partial charge in [0.1, 0.15) is 5.82 Å². The third-order valence-corrected chi connectivity index (χ3v) is 4.66. The second-order valence-electron chi connectivity index (χ2n) is 7.03. The standard InChI is InChI=1S/C21H22F4N4O/c1-26-12-18-19(3-2-5-28-20(18)30)29-16-4-6-27-17(11-16)9-13-7-14(21(23,24)25)10-15(22)8-13/h4,6-8,10-11,26H,2-3,5,9,12H2,1H3,(H,27,29)(H,28,30). The first-order valence-corrected chi connectivity index (χ1v) is 9.49. The zero-order chi connectivity index (χ0) is 21.7. The van der Waals surface area contributed by atoms with Gasteiger partial charge < -0.3 is 16.0 Å². The Morgan fingerprint density at radius 1 is 1.20 bits per heavy atom. The maximum Gasteiger partial charge on any atom is 0.416 e. The topological polar surface area (TPSA) is 66.1 Å². The normalized spacial score (nSPS) is 15.0. The quantitative estimate of drug-likeness (QED) is 0.622. The molecule has 0 fully saturated rings. The van der Waals surface area contributed by atoms with Gasteiger partial charge in [0.2, 0.25) is 5.91 Å². The number of nitrogens with zero attached hydrogens (tertiary/aromatic N) is 1. The van der Waals surface area contributed by atoms with Gasteiger partial charge in [-0.25, -0.2) is 4.39 Å². The molecule has 2 aromatic rings. The zero-order valence-corrected chi connectivity index (χ0v) is 16.4. The number of carbonyl (C=O) groups is 1. The number of anilines is 1. The average molecular weight is 422 g/mol. The van der Waals surface area contributed by atoms with Gasteiger partial charge in [-0.1, -0.05) is 0 Å². The van der Waals surface area contributed by atoms with Gasteiger partial charge >= 0.3 is 6.18 Å². The van der Waals surface area contributed by atoms with Crippen LogP contribution in [0.5, 0.6) is 0 Å². The molecule has 0 atom stereocenters. The molecule has 5 nitrogen and oxygen atoms in total. The Morgan fingerprint density at radius 3 is 2.73 bits per heavy atom. The van der Waals surface area contributed by atoms with Crippen LogP contribution in [-0.2, 0) is 17.4 Å². The SMILES string of the molecule is CNCC1=C(Nc2ccnc(Cc3cc(F)cc(C(F)(F)F)c3)c2)CCCNC1=O. The van der Waals surface area contributed by atoms with Crippen LogP contribution in [0.15, 0.2) is 47.8 Å². The first-order valence-electron chi connectivity index (χ1n) is 9.49. The molecule has 160 valence electrons. The van der Waals surface area contributed by atoms with Crippen molar-refractivity contribution in [3.05, 3.63) is 70.4 Å². The van der Waals surface area contributed by atoms with Crippen LogP contribution < -0.4 is 16.0 Å². The third-order valence-electron chi connectivity index (χ3n) is 4.66. The van der Waals surface area contributed by atoms with Crippen molar-refractivity contribution in [2.75, 3.05) is 25.5 Å². The Kier molecular flexibility index (Phi) is 6.71. The van der Waals surface area contributed by atoms with Crippen LogP contribution in [0.2, 0.25) is 0 Å². The minimum absolute atomic E-state index is 0.0409. The van der Waals surface area contributed by atoms with Gasteiger partial charge in [0.25, 0.3) is 0 Å². The molecule has 0 saturated heterocycles. The first kappa shape index (κ1) is 21.8. The van der Waals surface area contributed by atoms with Crippen molar-refractivity contribution < 1.29 is 22.4 Å². The fourth-order valence-electron chi connectivity index (χ4n) is 3.32. The van der Waals surface area contributed by atoms with Crippen LogP contribution in [0.4, 0.5) is 23.2 Å². The summed E-state index contributed by atoms with van der Waals surface area (Å²) in [7, 11) is 1.75. The lowest BCUT2D eigenvalue weighted by Gasteiger charge is -2.15. The van der Waals surface area contributed by atoms with E-state index < -0.39 is 17.6 Å². The highest BCUT2D eigenvalue weighted by Crippen LogP contribution is 2.31. The summed E-state index contributed by atoms with van der Waals surface area (Å²) in [6.45, 7) is 0.982. The van der Waals surface area contributed by atoms with E-state index in [1.807, 2.05) is 0 Å². The molecule has 9 heteroatoms. The highest BCUT2D eigenvalue weighted by atomic mass is 19.4. The number of carbonyl (C=O) groups excluding carboxylic acids is 1. The summed E-state index contributed by atoms with van der Waals surface area (Å²) in [5.41, 5.74) is 1.67. The minimum Gasteiger partial charge on any atom is -0.358 e. The third kappa shape index (κ3) is 5.56. The fraction of sp³-hybridized carbons (Fsp3) is 0.333. The van der Waals surface area contributed by atoms with Gasteiger partial charge in [0, 0.05) is 48.4 Å². The molecule has 30 heavy (non-hydrogen) atoms. The predicted octanol–water partition coefficient (Wildman–Crippen LogP) is 3.63. The molecule has 1 amide bonds. The van der Waals surface area contributed by atoms with E-state index in [1.165, 1.54) is 6.20 Å².